The minimum Gasteiger partial charge on any atom is -0.292 e. The molecule has 0 aliphatic heterocycles. The topological polar surface area (TPSA) is 63.6 Å². The zero-order valence-corrected chi connectivity index (χ0v) is 22.3. The molecule has 0 fully saturated rings. The lowest BCUT2D eigenvalue weighted by Crippen LogP contribution is -2.48. The number of rotatable bonds is 17. The van der Waals surface area contributed by atoms with Crippen LogP contribution < -0.4 is 4.48 Å². The third-order valence-electron chi connectivity index (χ3n) is 6.39. The van der Waals surface area contributed by atoms with Gasteiger partial charge >= 0.3 is 10.4 Å². The van der Waals surface area contributed by atoms with Crippen LogP contribution >= 0.6 is 0 Å². The summed E-state index contributed by atoms with van der Waals surface area (Å²) < 4.78 is 31.8. The fourth-order valence-electron chi connectivity index (χ4n) is 4.16. The molecule has 1 rings (SSSR count). The van der Waals surface area contributed by atoms with Crippen molar-refractivity contribution >= 4 is 16.1 Å². The fraction of sp³-hybridized carbons (Fsp3) is 0.769. The second-order valence-corrected chi connectivity index (χ2v) is 9.62. The summed E-state index contributed by atoms with van der Waals surface area (Å²) >= 11 is 0. The van der Waals surface area contributed by atoms with Gasteiger partial charge < -0.3 is 0 Å². The normalized spacial score (nSPS) is 11.8. The van der Waals surface area contributed by atoms with Crippen LogP contribution in [-0.4, -0.2) is 39.2 Å². The maximum Gasteiger partial charge on any atom is 0.397 e. The van der Waals surface area contributed by atoms with Gasteiger partial charge in [-0.1, -0.05) is 76.8 Å². The molecule has 0 aromatic heterocycles. The van der Waals surface area contributed by atoms with E-state index >= 15 is 0 Å². The molecule has 0 amide bonds. The first kappa shape index (κ1) is 31.0. The summed E-state index contributed by atoms with van der Waals surface area (Å²) in [4.78, 5) is 0. The summed E-state index contributed by atoms with van der Waals surface area (Å²) in [5.41, 5.74) is 3.00. The van der Waals surface area contributed by atoms with Crippen molar-refractivity contribution in [1.82, 2.24) is 4.48 Å². The minimum atomic E-state index is -4.17. The molecule has 1 aromatic carbocycles. The molecule has 5 nitrogen and oxygen atoms in total. The average molecular weight is 473 g/mol. The van der Waals surface area contributed by atoms with Crippen molar-refractivity contribution in [2.24, 2.45) is 0 Å². The van der Waals surface area contributed by atoms with Crippen LogP contribution in [0.3, 0.4) is 0 Å². The van der Waals surface area contributed by atoms with Crippen LogP contribution in [0.2, 0.25) is 0 Å². The molecule has 188 valence electrons. The van der Waals surface area contributed by atoms with Gasteiger partial charge in [-0.25, -0.2) is 4.18 Å². The zero-order valence-electron chi connectivity index (χ0n) is 21.4. The molecule has 32 heavy (non-hydrogen) atoms. The van der Waals surface area contributed by atoms with Gasteiger partial charge in [0.2, 0.25) is 0 Å². The van der Waals surface area contributed by atoms with E-state index in [9.17, 15) is 8.42 Å². The standard InChI is InChI=1S/C24H44N.C2H6O4S/c1-5-9-10-11-12-13-14-15-16-17-18-23-19-21-24(22-20-23)25(6-2,7-3)8-4;1-2-6-7(3,4)5/h19-22H,5-18H2,1-4H3;2H2,1H3,(H,3,4,5)/q+1;. The van der Waals surface area contributed by atoms with Crippen LogP contribution in [0.4, 0.5) is 5.69 Å². The molecular formula is C26H50NO4S+. The highest BCUT2D eigenvalue weighted by atomic mass is 32.3. The summed E-state index contributed by atoms with van der Waals surface area (Å²) in [5, 5.41) is 0. The minimum absolute atomic E-state index is 0.0289. The molecule has 1 N–H and O–H groups in total. The van der Waals surface area contributed by atoms with Crippen molar-refractivity contribution in [3.8, 4) is 0 Å². The van der Waals surface area contributed by atoms with Gasteiger partial charge in [-0.05, 0) is 58.2 Å². The Morgan fingerprint density at radius 1 is 0.719 bits per heavy atom. The van der Waals surface area contributed by atoms with E-state index in [1.165, 1.54) is 108 Å². The van der Waals surface area contributed by atoms with E-state index in [0.29, 0.717) is 0 Å². The second-order valence-electron chi connectivity index (χ2n) is 8.53. The van der Waals surface area contributed by atoms with E-state index in [4.69, 9.17) is 4.55 Å². The van der Waals surface area contributed by atoms with Crippen molar-refractivity contribution in [3.05, 3.63) is 29.8 Å². The first-order valence-electron chi connectivity index (χ1n) is 12.9. The van der Waals surface area contributed by atoms with E-state index in [1.807, 2.05) is 0 Å². The van der Waals surface area contributed by atoms with E-state index in [0.717, 1.165) is 4.48 Å². The average Bonchev–Trinajstić information content (AvgIpc) is 2.77. The molecule has 0 bridgehead atoms. The third-order valence-corrected chi connectivity index (χ3v) is 6.92. The molecule has 1 aromatic rings. The maximum atomic E-state index is 9.56. The maximum absolute atomic E-state index is 9.56. The molecule has 0 saturated carbocycles. The quantitative estimate of drug-likeness (QED) is 0.146. The Labute approximate surface area is 199 Å². The van der Waals surface area contributed by atoms with Gasteiger partial charge in [0.15, 0.2) is 0 Å². The van der Waals surface area contributed by atoms with Crippen molar-refractivity contribution < 1.29 is 17.2 Å². The SMILES string of the molecule is CCCCCCCCCCCCc1ccc([N+](CC)(CC)CC)cc1.CCOS(=O)(=O)O. The molecule has 0 aliphatic carbocycles. The molecule has 0 heterocycles. The van der Waals surface area contributed by atoms with Gasteiger partial charge in [0.1, 0.15) is 5.69 Å². The van der Waals surface area contributed by atoms with Crippen LogP contribution in [-0.2, 0) is 21.0 Å². The highest BCUT2D eigenvalue weighted by Gasteiger charge is 2.23. The lowest BCUT2D eigenvalue weighted by Gasteiger charge is -2.35. The number of quaternary nitrogens is 1. The number of unbranched alkanes of at least 4 members (excludes halogenated alkanes) is 9. The second kappa shape index (κ2) is 18.5. The van der Waals surface area contributed by atoms with Crippen molar-refractivity contribution in [3.63, 3.8) is 0 Å². The molecule has 0 radical (unpaired) electrons. The number of hydrogen-bond acceptors (Lipinski definition) is 3. The van der Waals surface area contributed by atoms with Crippen molar-refractivity contribution in [2.45, 2.75) is 105 Å². The Hall–Kier alpha value is -0.950. The Kier molecular flexibility index (Phi) is 17.9. The third kappa shape index (κ3) is 14.2. The first-order chi connectivity index (χ1) is 15.3. The molecule has 0 saturated heterocycles. The Bertz CT molecular complexity index is 647. The monoisotopic (exact) mass is 472 g/mol. The van der Waals surface area contributed by atoms with Gasteiger partial charge in [0.25, 0.3) is 0 Å². The van der Waals surface area contributed by atoms with Gasteiger partial charge in [0, 0.05) is 0 Å². The summed E-state index contributed by atoms with van der Waals surface area (Å²) in [6.07, 6.45) is 15.4. The van der Waals surface area contributed by atoms with Gasteiger partial charge in [-0.2, -0.15) is 8.42 Å². The highest BCUT2D eigenvalue weighted by Crippen LogP contribution is 2.24. The fourth-order valence-corrected chi connectivity index (χ4v) is 4.46. The van der Waals surface area contributed by atoms with E-state index in [-0.39, 0.29) is 6.61 Å². The summed E-state index contributed by atoms with van der Waals surface area (Å²) in [7, 11) is -4.17. The lowest BCUT2D eigenvalue weighted by atomic mass is 10.0. The van der Waals surface area contributed by atoms with Gasteiger partial charge in [-0.15, -0.1) is 0 Å². The molecule has 0 unspecified atom stereocenters. The largest absolute Gasteiger partial charge is 0.397 e. The molecule has 0 atom stereocenters. The number of benzene rings is 1. The first-order valence-corrected chi connectivity index (χ1v) is 14.2. The number of aryl methyl sites for hydroxylation is 1. The van der Waals surface area contributed by atoms with Crippen LogP contribution in [0, 0.1) is 0 Å². The smallest absolute Gasteiger partial charge is 0.292 e. The highest BCUT2D eigenvalue weighted by molar-refractivity contribution is 7.80. The van der Waals surface area contributed by atoms with Crippen LogP contribution in [0.5, 0.6) is 0 Å². The van der Waals surface area contributed by atoms with Crippen LogP contribution in [0.1, 0.15) is 104 Å². The predicted molar refractivity (Wildman–Crippen MR) is 139 cm³/mol. The van der Waals surface area contributed by atoms with Crippen LogP contribution in [0.15, 0.2) is 24.3 Å². The zero-order chi connectivity index (χ0) is 24.3. The lowest BCUT2D eigenvalue weighted by molar-refractivity contribution is 0.283. The van der Waals surface area contributed by atoms with Crippen molar-refractivity contribution in [1.29, 1.82) is 0 Å². The summed E-state index contributed by atoms with van der Waals surface area (Å²) in [6.45, 7) is 14.2. The summed E-state index contributed by atoms with van der Waals surface area (Å²) in [5.74, 6) is 0. The predicted octanol–water partition coefficient (Wildman–Crippen LogP) is 7.34. The van der Waals surface area contributed by atoms with Gasteiger partial charge in [0.05, 0.1) is 26.2 Å². The molecular weight excluding hydrogens is 422 g/mol. The summed E-state index contributed by atoms with van der Waals surface area (Å²) in [6, 6.07) is 9.50. The Morgan fingerprint density at radius 2 is 1.16 bits per heavy atom. The van der Waals surface area contributed by atoms with Crippen LogP contribution in [0.25, 0.3) is 0 Å². The van der Waals surface area contributed by atoms with E-state index in [1.54, 1.807) is 0 Å². The van der Waals surface area contributed by atoms with E-state index in [2.05, 4.69) is 56.1 Å². The molecule has 0 aliphatic rings. The Morgan fingerprint density at radius 3 is 1.50 bits per heavy atom. The molecule has 0 spiro atoms. The molecule has 6 heteroatoms. The van der Waals surface area contributed by atoms with E-state index < -0.39 is 10.4 Å². The Balaban J connectivity index is 0.00000118. The van der Waals surface area contributed by atoms with Gasteiger partial charge in [-0.3, -0.25) is 9.04 Å². The van der Waals surface area contributed by atoms with Crippen molar-refractivity contribution in [2.75, 3.05) is 26.2 Å². The number of hydrogen-bond donors (Lipinski definition) is 1. The number of nitrogens with zero attached hydrogens (tertiary/aromatic N) is 1.